The van der Waals surface area contributed by atoms with Gasteiger partial charge >= 0.3 is 0 Å². The summed E-state index contributed by atoms with van der Waals surface area (Å²) in [5.41, 5.74) is 4.08. The van der Waals surface area contributed by atoms with Gasteiger partial charge in [-0.2, -0.15) is 5.10 Å². The Labute approximate surface area is 136 Å². The summed E-state index contributed by atoms with van der Waals surface area (Å²) < 4.78 is 1.02. The molecule has 2 aromatic rings. The van der Waals surface area contributed by atoms with Crippen LogP contribution in [0, 0.1) is 3.57 Å². The molecule has 5 heteroatoms. The van der Waals surface area contributed by atoms with Crippen molar-refractivity contribution in [2.45, 2.75) is 4.90 Å². The number of nitrogens with zero attached hydrogens (tertiary/aromatic N) is 1. The summed E-state index contributed by atoms with van der Waals surface area (Å²) in [7, 11) is 0. The normalized spacial score (nSPS) is 10.7. The summed E-state index contributed by atoms with van der Waals surface area (Å²) in [6.07, 6.45) is 3.67. The van der Waals surface area contributed by atoms with E-state index in [4.69, 9.17) is 0 Å². The lowest BCUT2D eigenvalue weighted by molar-refractivity contribution is 0.0955. The Bertz CT molecular complexity index is 626. The molecule has 2 aromatic carbocycles. The van der Waals surface area contributed by atoms with Crippen LogP contribution in [-0.2, 0) is 0 Å². The van der Waals surface area contributed by atoms with Gasteiger partial charge in [-0.1, -0.05) is 18.2 Å². The molecular weight excluding hydrogens is 383 g/mol. The summed E-state index contributed by atoms with van der Waals surface area (Å²) >= 11 is 3.86. The van der Waals surface area contributed by atoms with Crippen LogP contribution in [0.3, 0.4) is 0 Å². The summed E-state index contributed by atoms with van der Waals surface area (Å²) in [6.45, 7) is 0. The molecule has 1 N–H and O–H groups in total. The molecule has 0 aliphatic heterocycles. The van der Waals surface area contributed by atoms with E-state index in [-0.39, 0.29) is 5.91 Å². The Hall–Kier alpha value is -1.34. The molecule has 102 valence electrons. The standard InChI is InChI=1S/C15H13IN2OS/c1-20-14-7-5-11(6-8-14)10-17-18-15(19)12-3-2-4-13(16)9-12/h2-10H,1H3,(H,18,19). The number of hydrazone groups is 1. The number of rotatable bonds is 4. The highest BCUT2D eigenvalue weighted by molar-refractivity contribution is 14.1. The van der Waals surface area contributed by atoms with Crippen molar-refractivity contribution in [1.82, 2.24) is 5.43 Å². The van der Waals surface area contributed by atoms with Gasteiger partial charge in [0.15, 0.2) is 0 Å². The highest BCUT2D eigenvalue weighted by atomic mass is 127. The molecule has 0 radical (unpaired) electrons. The van der Waals surface area contributed by atoms with Gasteiger partial charge in [0.05, 0.1) is 6.21 Å². The van der Waals surface area contributed by atoms with Gasteiger partial charge in [0.2, 0.25) is 0 Å². The van der Waals surface area contributed by atoms with E-state index in [1.165, 1.54) is 4.90 Å². The maximum Gasteiger partial charge on any atom is 0.271 e. The van der Waals surface area contributed by atoms with Crippen molar-refractivity contribution in [3.05, 3.63) is 63.2 Å². The zero-order valence-electron chi connectivity index (χ0n) is 10.8. The molecule has 0 aliphatic carbocycles. The average Bonchev–Trinajstić information content (AvgIpc) is 2.48. The summed E-state index contributed by atoms with van der Waals surface area (Å²) in [5.74, 6) is -0.208. The third kappa shape index (κ3) is 4.35. The quantitative estimate of drug-likeness (QED) is 0.370. The number of benzene rings is 2. The van der Waals surface area contributed by atoms with E-state index in [0.29, 0.717) is 5.56 Å². The van der Waals surface area contributed by atoms with Gasteiger partial charge in [0.25, 0.3) is 5.91 Å². The molecule has 20 heavy (non-hydrogen) atoms. The lowest BCUT2D eigenvalue weighted by atomic mass is 10.2. The van der Waals surface area contributed by atoms with Gasteiger partial charge in [-0.3, -0.25) is 4.79 Å². The van der Waals surface area contributed by atoms with Crippen LogP contribution in [0.1, 0.15) is 15.9 Å². The molecule has 0 unspecified atom stereocenters. The molecule has 2 rings (SSSR count). The Morgan fingerprint density at radius 1 is 1.25 bits per heavy atom. The Kier molecular flexibility index (Phi) is 5.60. The molecule has 0 aliphatic rings. The number of thioether (sulfide) groups is 1. The predicted octanol–water partition coefficient (Wildman–Crippen LogP) is 3.78. The topological polar surface area (TPSA) is 41.5 Å². The van der Waals surface area contributed by atoms with Crippen LogP contribution in [0.25, 0.3) is 0 Å². The molecule has 0 fully saturated rings. The fraction of sp³-hybridized carbons (Fsp3) is 0.0667. The van der Waals surface area contributed by atoms with E-state index in [1.54, 1.807) is 24.0 Å². The van der Waals surface area contributed by atoms with Crippen molar-refractivity contribution in [1.29, 1.82) is 0 Å². The lowest BCUT2D eigenvalue weighted by Gasteiger charge is -2.00. The van der Waals surface area contributed by atoms with E-state index >= 15 is 0 Å². The second kappa shape index (κ2) is 7.44. The van der Waals surface area contributed by atoms with Gasteiger partial charge in [0.1, 0.15) is 0 Å². The maximum absolute atomic E-state index is 11.9. The van der Waals surface area contributed by atoms with Gasteiger partial charge in [-0.05, 0) is 64.7 Å². The zero-order valence-corrected chi connectivity index (χ0v) is 13.8. The van der Waals surface area contributed by atoms with Crippen molar-refractivity contribution in [3.8, 4) is 0 Å². The molecule has 0 atom stereocenters. The molecular formula is C15H13IN2OS. The van der Waals surface area contributed by atoms with Crippen molar-refractivity contribution in [3.63, 3.8) is 0 Å². The number of nitrogens with one attached hydrogen (secondary N) is 1. The van der Waals surface area contributed by atoms with Gasteiger partial charge in [-0.25, -0.2) is 5.43 Å². The minimum absolute atomic E-state index is 0.208. The molecule has 1 amide bonds. The fourth-order valence-corrected chi connectivity index (χ4v) is 2.50. The van der Waals surface area contributed by atoms with E-state index in [1.807, 2.05) is 48.7 Å². The minimum atomic E-state index is -0.208. The van der Waals surface area contributed by atoms with E-state index in [0.717, 1.165) is 9.13 Å². The van der Waals surface area contributed by atoms with Crippen molar-refractivity contribution in [2.75, 3.05) is 6.26 Å². The van der Waals surface area contributed by atoms with Crippen LogP contribution in [0.4, 0.5) is 0 Å². The summed E-state index contributed by atoms with van der Waals surface area (Å²) in [5, 5.41) is 3.97. The first-order chi connectivity index (χ1) is 9.69. The maximum atomic E-state index is 11.9. The Morgan fingerprint density at radius 3 is 2.65 bits per heavy atom. The smallest absolute Gasteiger partial charge is 0.267 e. The van der Waals surface area contributed by atoms with Crippen LogP contribution >= 0.6 is 34.4 Å². The van der Waals surface area contributed by atoms with Gasteiger partial charge in [0, 0.05) is 14.0 Å². The number of carbonyl (C=O) groups is 1. The number of hydrogen-bond donors (Lipinski definition) is 1. The highest BCUT2D eigenvalue weighted by Crippen LogP contribution is 2.13. The molecule has 0 spiro atoms. The Morgan fingerprint density at radius 2 is 2.00 bits per heavy atom. The summed E-state index contributed by atoms with van der Waals surface area (Å²) in [4.78, 5) is 13.1. The largest absolute Gasteiger partial charge is 0.271 e. The first-order valence-corrected chi connectivity index (χ1v) is 8.22. The highest BCUT2D eigenvalue weighted by Gasteiger charge is 2.03. The molecule has 0 saturated heterocycles. The Balaban J connectivity index is 1.97. The van der Waals surface area contributed by atoms with Crippen molar-refractivity contribution >= 4 is 46.5 Å². The number of carbonyl (C=O) groups excluding carboxylic acids is 1. The first kappa shape index (κ1) is 15.1. The summed E-state index contributed by atoms with van der Waals surface area (Å²) in [6, 6.07) is 15.3. The van der Waals surface area contributed by atoms with Gasteiger partial charge < -0.3 is 0 Å². The van der Waals surface area contributed by atoms with Crippen LogP contribution in [0.15, 0.2) is 58.5 Å². The molecule has 0 bridgehead atoms. The molecule has 0 aromatic heterocycles. The van der Waals surface area contributed by atoms with E-state index < -0.39 is 0 Å². The third-order valence-electron chi connectivity index (χ3n) is 2.58. The van der Waals surface area contributed by atoms with Crippen LogP contribution in [-0.4, -0.2) is 18.4 Å². The van der Waals surface area contributed by atoms with E-state index in [9.17, 15) is 4.79 Å². The number of halogens is 1. The lowest BCUT2D eigenvalue weighted by Crippen LogP contribution is -2.17. The molecule has 3 nitrogen and oxygen atoms in total. The van der Waals surface area contributed by atoms with Crippen LogP contribution in [0.2, 0.25) is 0 Å². The zero-order chi connectivity index (χ0) is 14.4. The third-order valence-corrected chi connectivity index (χ3v) is 4.00. The van der Waals surface area contributed by atoms with Crippen molar-refractivity contribution in [2.24, 2.45) is 5.10 Å². The molecule has 0 saturated carbocycles. The average molecular weight is 396 g/mol. The fourth-order valence-electron chi connectivity index (χ4n) is 1.55. The number of amides is 1. The first-order valence-electron chi connectivity index (χ1n) is 5.92. The van der Waals surface area contributed by atoms with Gasteiger partial charge in [-0.15, -0.1) is 11.8 Å². The minimum Gasteiger partial charge on any atom is -0.267 e. The SMILES string of the molecule is CSc1ccc(C=NNC(=O)c2cccc(I)c2)cc1. The van der Waals surface area contributed by atoms with Crippen molar-refractivity contribution < 1.29 is 4.79 Å². The van der Waals surface area contributed by atoms with E-state index in [2.05, 4.69) is 33.1 Å². The van der Waals surface area contributed by atoms with Crippen LogP contribution in [0.5, 0.6) is 0 Å². The second-order valence-corrected chi connectivity index (χ2v) is 6.11. The monoisotopic (exact) mass is 396 g/mol. The second-order valence-electron chi connectivity index (χ2n) is 3.98. The predicted molar refractivity (Wildman–Crippen MR) is 92.4 cm³/mol. The number of hydrogen-bond acceptors (Lipinski definition) is 3. The molecule has 0 heterocycles. The van der Waals surface area contributed by atoms with Crippen LogP contribution < -0.4 is 5.43 Å².